The fourth-order valence-corrected chi connectivity index (χ4v) is 3.00. The standard InChI is InChI=1S/C15H22N2/c1-2-4-13(5-3-1)10-14-6-8-17(9-7-14)15-11-16-12-15/h1-5,14-16H,6-12H2. The normalized spacial score (nSPS) is 23.5. The number of hydrogen-bond donors (Lipinski definition) is 1. The molecule has 2 heteroatoms. The van der Waals surface area contributed by atoms with E-state index in [-0.39, 0.29) is 0 Å². The molecular formula is C15H22N2. The molecule has 0 unspecified atom stereocenters. The van der Waals surface area contributed by atoms with Gasteiger partial charge in [-0.05, 0) is 43.8 Å². The summed E-state index contributed by atoms with van der Waals surface area (Å²) >= 11 is 0. The maximum absolute atomic E-state index is 3.37. The molecule has 1 N–H and O–H groups in total. The van der Waals surface area contributed by atoms with Crippen molar-refractivity contribution >= 4 is 0 Å². The molecule has 2 saturated heterocycles. The van der Waals surface area contributed by atoms with Gasteiger partial charge in [-0.25, -0.2) is 0 Å². The van der Waals surface area contributed by atoms with E-state index < -0.39 is 0 Å². The maximum atomic E-state index is 3.37. The van der Waals surface area contributed by atoms with Crippen LogP contribution in [-0.4, -0.2) is 37.1 Å². The molecule has 0 aromatic heterocycles. The van der Waals surface area contributed by atoms with Crippen LogP contribution in [0.4, 0.5) is 0 Å². The molecule has 0 saturated carbocycles. The van der Waals surface area contributed by atoms with Crippen LogP contribution in [0.3, 0.4) is 0 Å². The first-order valence-electron chi connectivity index (χ1n) is 6.90. The van der Waals surface area contributed by atoms with Gasteiger partial charge in [0, 0.05) is 19.1 Å². The number of likely N-dealkylation sites (tertiary alicyclic amines) is 1. The smallest absolute Gasteiger partial charge is 0.0345 e. The van der Waals surface area contributed by atoms with E-state index in [1.54, 1.807) is 0 Å². The Hall–Kier alpha value is -0.860. The summed E-state index contributed by atoms with van der Waals surface area (Å²) in [5, 5.41) is 3.37. The van der Waals surface area contributed by atoms with Crippen LogP contribution in [0.1, 0.15) is 18.4 Å². The van der Waals surface area contributed by atoms with Crippen molar-refractivity contribution in [3.8, 4) is 0 Å². The van der Waals surface area contributed by atoms with Gasteiger partial charge >= 0.3 is 0 Å². The van der Waals surface area contributed by atoms with Crippen molar-refractivity contribution in [2.24, 2.45) is 5.92 Å². The zero-order valence-electron chi connectivity index (χ0n) is 10.4. The number of nitrogens with zero attached hydrogens (tertiary/aromatic N) is 1. The Morgan fingerprint density at radius 3 is 2.35 bits per heavy atom. The molecule has 1 aromatic carbocycles. The second kappa shape index (κ2) is 5.19. The maximum Gasteiger partial charge on any atom is 0.0345 e. The molecule has 0 radical (unpaired) electrons. The van der Waals surface area contributed by atoms with Crippen LogP contribution in [0.5, 0.6) is 0 Å². The molecule has 17 heavy (non-hydrogen) atoms. The van der Waals surface area contributed by atoms with Crippen LogP contribution < -0.4 is 5.32 Å². The van der Waals surface area contributed by atoms with Crippen molar-refractivity contribution in [3.05, 3.63) is 35.9 Å². The van der Waals surface area contributed by atoms with Crippen molar-refractivity contribution in [1.82, 2.24) is 10.2 Å². The summed E-state index contributed by atoms with van der Waals surface area (Å²) < 4.78 is 0. The molecular weight excluding hydrogens is 208 g/mol. The van der Waals surface area contributed by atoms with Crippen molar-refractivity contribution < 1.29 is 0 Å². The van der Waals surface area contributed by atoms with Crippen LogP contribution in [0.15, 0.2) is 30.3 Å². The summed E-state index contributed by atoms with van der Waals surface area (Å²) in [5.41, 5.74) is 1.51. The minimum atomic E-state index is 0.840. The van der Waals surface area contributed by atoms with E-state index in [1.165, 1.54) is 51.0 Å². The van der Waals surface area contributed by atoms with E-state index in [0.717, 1.165) is 12.0 Å². The highest BCUT2D eigenvalue weighted by Crippen LogP contribution is 2.23. The topological polar surface area (TPSA) is 15.3 Å². The SMILES string of the molecule is c1ccc(CC2CCN(C3CNC3)CC2)cc1. The molecule has 0 bridgehead atoms. The number of nitrogens with one attached hydrogen (secondary N) is 1. The summed E-state index contributed by atoms with van der Waals surface area (Å²) in [6.45, 7) is 5.04. The van der Waals surface area contributed by atoms with E-state index in [1.807, 2.05) is 0 Å². The second-order valence-electron chi connectivity index (χ2n) is 5.48. The minimum absolute atomic E-state index is 0.840. The average molecular weight is 230 g/mol. The quantitative estimate of drug-likeness (QED) is 0.853. The Morgan fingerprint density at radius 2 is 1.76 bits per heavy atom. The van der Waals surface area contributed by atoms with Gasteiger partial charge < -0.3 is 5.32 Å². The molecule has 0 spiro atoms. The van der Waals surface area contributed by atoms with Gasteiger partial charge in [0.25, 0.3) is 0 Å². The van der Waals surface area contributed by atoms with Crippen LogP contribution in [0.25, 0.3) is 0 Å². The highest BCUT2D eigenvalue weighted by Gasteiger charge is 2.28. The number of benzene rings is 1. The van der Waals surface area contributed by atoms with E-state index in [2.05, 4.69) is 40.5 Å². The Morgan fingerprint density at radius 1 is 1.06 bits per heavy atom. The summed E-state index contributed by atoms with van der Waals surface area (Å²) in [6.07, 6.45) is 4.04. The van der Waals surface area contributed by atoms with Crippen LogP contribution in [0, 0.1) is 5.92 Å². The lowest BCUT2D eigenvalue weighted by atomic mass is 9.89. The van der Waals surface area contributed by atoms with Crippen LogP contribution in [0.2, 0.25) is 0 Å². The summed E-state index contributed by atoms with van der Waals surface area (Å²) in [4.78, 5) is 2.68. The molecule has 0 atom stereocenters. The Balaban J connectivity index is 1.48. The first kappa shape index (κ1) is 11.2. The van der Waals surface area contributed by atoms with Crippen molar-refractivity contribution in [2.75, 3.05) is 26.2 Å². The molecule has 3 rings (SSSR count). The molecule has 92 valence electrons. The highest BCUT2D eigenvalue weighted by atomic mass is 15.2. The Bertz CT molecular complexity index is 337. The van der Waals surface area contributed by atoms with Crippen molar-refractivity contribution in [1.29, 1.82) is 0 Å². The van der Waals surface area contributed by atoms with Gasteiger partial charge in [0.2, 0.25) is 0 Å². The van der Waals surface area contributed by atoms with Crippen molar-refractivity contribution in [3.63, 3.8) is 0 Å². The third kappa shape index (κ3) is 2.70. The predicted molar refractivity (Wildman–Crippen MR) is 71.1 cm³/mol. The third-order valence-corrected chi connectivity index (χ3v) is 4.29. The predicted octanol–water partition coefficient (Wildman–Crippen LogP) is 1.91. The van der Waals surface area contributed by atoms with Gasteiger partial charge in [-0.15, -0.1) is 0 Å². The van der Waals surface area contributed by atoms with Gasteiger partial charge in [-0.3, -0.25) is 4.90 Å². The highest BCUT2D eigenvalue weighted by molar-refractivity contribution is 5.15. The zero-order valence-corrected chi connectivity index (χ0v) is 10.4. The van der Waals surface area contributed by atoms with Gasteiger partial charge in [0.1, 0.15) is 0 Å². The summed E-state index contributed by atoms with van der Waals surface area (Å²) in [7, 11) is 0. The fourth-order valence-electron chi connectivity index (χ4n) is 3.00. The molecule has 2 fully saturated rings. The number of hydrogen-bond acceptors (Lipinski definition) is 2. The lowest BCUT2D eigenvalue weighted by Crippen LogP contribution is -2.58. The van der Waals surface area contributed by atoms with Gasteiger partial charge in [0.05, 0.1) is 0 Å². The molecule has 1 aromatic rings. The molecule has 2 heterocycles. The van der Waals surface area contributed by atoms with E-state index in [0.29, 0.717) is 0 Å². The summed E-state index contributed by atoms with van der Waals surface area (Å²) in [6, 6.07) is 11.8. The van der Waals surface area contributed by atoms with Gasteiger partial charge in [-0.2, -0.15) is 0 Å². The van der Waals surface area contributed by atoms with Gasteiger partial charge in [0.15, 0.2) is 0 Å². The largest absolute Gasteiger partial charge is 0.314 e. The first-order valence-corrected chi connectivity index (χ1v) is 6.90. The molecule has 2 aliphatic heterocycles. The van der Waals surface area contributed by atoms with Crippen LogP contribution >= 0.6 is 0 Å². The van der Waals surface area contributed by atoms with E-state index in [9.17, 15) is 0 Å². The lowest BCUT2D eigenvalue weighted by Gasteiger charge is -2.42. The minimum Gasteiger partial charge on any atom is -0.314 e. The molecule has 2 nitrogen and oxygen atoms in total. The molecule has 0 amide bonds. The van der Waals surface area contributed by atoms with Gasteiger partial charge in [-0.1, -0.05) is 30.3 Å². The number of piperidine rings is 1. The Labute approximate surface area is 104 Å². The monoisotopic (exact) mass is 230 g/mol. The zero-order chi connectivity index (χ0) is 11.5. The van der Waals surface area contributed by atoms with E-state index in [4.69, 9.17) is 0 Å². The summed E-state index contributed by atoms with van der Waals surface area (Å²) in [5.74, 6) is 0.904. The van der Waals surface area contributed by atoms with Crippen LogP contribution in [-0.2, 0) is 6.42 Å². The Kier molecular flexibility index (Phi) is 3.44. The lowest BCUT2D eigenvalue weighted by molar-refractivity contribution is 0.0987. The molecule has 0 aliphatic carbocycles. The molecule has 2 aliphatic rings. The van der Waals surface area contributed by atoms with E-state index >= 15 is 0 Å². The first-order chi connectivity index (χ1) is 8.42. The van der Waals surface area contributed by atoms with Crippen molar-refractivity contribution in [2.45, 2.75) is 25.3 Å². The number of rotatable bonds is 3. The second-order valence-corrected chi connectivity index (χ2v) is 5.48. The third-order valence-electron chi connectivity index (χ3n) is 4.29. The fraction of sp³-hybridized carbons (Fsp3) is 0.600. The average Bonchev–Trinajstić information content (AvgIpc) is 2.31.